The first-order chi connectivity index (χ1) is 24.4. The van der Waals surface area contributed by atoms with Gasteiger partial charge in [0.2, 0.25) is 11.8 Å². The van der Waals surface area contributed by atoms with Gasteiger partial charge in [0.1, 0.15) is 0 Å². The lowest BCUT2D eigenvalue weighted by Gasteiger charge is -2.33. The van der Waals surface area contributed by atoms with Gasteiger partial charge in [0, 0.05) is 18.7 Å². The highest BCUT2D eigenvalue weighted by Crippen LogP contribution is 2.41. The molecule has 0 saturated heterocycles. The Morgan fingerprint density at radius 1 is 0.654 bits per heavy atom. The summed E-state index contributed by atoms with van der Waals surface area (Å²) in [4.78, 5) is 37.4. The maximum Gasteiger partial charge on any atom is 0.244 e. The van der Waals surface area contributed by atoms with Gasteiger partial charge in [-0.15, -0.1) is 0 Å². The molecule has 1 atom stereocenters. The summed E-state index contributed by atoms with van der Waals surface area (Å²) in [6.45, 7) is 23.7. The van der Waals surface area contributed by atoms with Crippen molar-refractivity contribution in [2.45, 2.75) is 140 Å². The minimum absolute atomic E-state index is 0.0778. The fourth-order valence-electron chi connectivity index (χ4n) is 7.10. The van der Waals surface area contributed by atoms with Crippen molar-refractivity contribution in [3.63, 3.8) is 0 Å². The van der Waals surface area contributed by atoms with Crippen LogP contribution in [0, 0.1) is 10.8 Å². The summed E-state index contributed by atoms with van der Waals surface area (Å²) < 4.78 is 0. The number of Topliss-reactive ketones (excluding diaryl/α,β-unsaturated/α-hetero) is 1. The molecule has 2 rings (SSSR count). The lowest BCUT2D eigenvalue weighted by molar-refractivity contribution is -0.124. The van der Waals surface area contributed by atoms with Gasteiger partial charge < -0.3 is 10.6 Å². The van der Waals surface area contributed by atoms with E-state index in [0.717, 1.165) is 22.3 Å². The number of allylic oxidation sites excluding steroid dienone is 18. The Morgan fingerprint density at radius 2 is 1.12 bits per heavy atom. The number of nitrogens with one attached hydrogen (secondary N) is 2. The summed E-state index contributed by atoms with van der Waals surface area (Å²) in [5.41, 5.74) is 10.3. The van der Waals surface area contributed by atoms with Crippen molar-refractivity contribution >= 4 is 17.6 Å². The fourth-order valence-corrected chi connectivity index (χ4v) is 7.10. The average Bonchev–Trinajstić information content (AvgIpc) is 3.02. The van der Waals surface area contributed by atoms with Crippen LogP contribution in [0.25, 0.3) is 0 Å². The summed E-state index contributed by atoms with van der Waals surface area (Å²) in [6, 6.07) is -0.557. The second kappa shape index (κ2) is 21.5. The standard InChI is InChI=1S/C47H68N2O3/c1-34(25-27-41-38(5)22-16-29-46(41,8)9)18-14-20-36(3)32-44(51)48-31-13-12-24-43(40(7)50)49-45(52)33-37(4)21-15-19-35(2)26-28-42-39(6)23-17-30-47(42,10)11/h14-15,18-21,25-28,32-33,43H,12-13,16-17,22-24,29-31H2,1-11H3,(H,48,51)(H,49,52)/b20-14+,21-15+,27-25+,28-26+,34-18+,35-19+,36-32+,37-33+/t43-/m1/s1. The number of unbranched alkanes of at least 4 members (excludes halogenated alkanes) is 1. The van der Waals surface area contributed by atoms with E-state index in [1.165, 1.54) is 73.8 Å². The van der Waals surface area contributed by atoms with Crippen molar-refractivity contribution in [1.82, 2.24) is 10.6 Å². The van der Waals surface area contributed by atoms with Gasteiger partial charge in [-0.05, 0) is 139 Å². The quantitative estimate of drug-likeness (QED) is 0.0897. The first-order valence-electron chi connectivity index (χ1n) is 19.3. The number of carbonyl (C=O) groups is 3. The SMILES string of the molecule is CC(=O)[C@@H](CCCCNC(=O)/C=C(C)/C=C/C=C(C)/C=C/C1=C(C)CCCC1(C)C)NC(=O)/C=C(C)/C=C/C=C(C)/C=C/C1=C(C)CCCC1(C)C. The smallest absolute Gasteiger partial charge is 0.244 e. The van der Waals surface area contributed by atoms with Crippen LogP contribution in [-0.2, 0) is 14.4 Å². The van der Waals surface area contributed by atoms with Crippen molar-refractivity contribution in [3.8, 4) is 0 Å². The molecular weight excluding hydrogens is 641 g/mol. The number of amides is 2. The van der Waals surface area contributed by atoms with E-state index in [9.17, 15) is 14.4 Å². The van der Waals surface area contributed by atoms with E-state index in [2.05, 4.69) is 96.4 Å². The van der Waals surface area contributed by atoms with Gasteiger partial charge >= 0.3 is 0 Å². The zero-order chi connectivity index (χ0) is 38.9. The Labute approximate surface area is 316 Å². The number of hydrogen-bond acceptors (Lipinski definition) is 3. The van der Waals surface area contributed by atoms with Gasteiger partial charge in [0.15, 0.2) is 5.78 Å². The molecule has 2 amide bonds. The highest BCUT2D eigenvalue weighted by molar-refractivity contribution is 5.93. The maximum absolute atomic E-state index is 12.7. The lowest BCUT2D eigenvalue weighted by atomic mass is 9.72. The Kier molecular flexibility index (Phi) is 18.3. The molecule has 2 N–H and O–H groups in total. The van der Waals surface area contributed by atoms with Crippen LogP contribution in [0.1, 0.15) is 134 Å². The van der Waals surface area contributed by atoms with Gasteiger partial charge in [-0.3, -0.25) is 14.4 Å². The Hall–Kier alpha value is -3.99. The Morgan fingerprint density at radius 3 is 1.56 bits per heavy atom. The molecule has 0 radical (unpaired) electrons. The van der Waals surface area contributed by atoms with Crippen LogP contribution in [0.15, 0.2) is 117 Å². The Bertz CT molecular complexity index is 1590. The molecule has 0 saturated carbocycles. The molecule has 0 aromatic heterocycles. The zero-order valence-electron chi connectivity index (χ0n) is 34.3. The van der Waals surface area contributed by atoms with Crippen LogP contribution in [0.4, 0.5) is 0 Å². The van der Waals surface area contributed by atoms with E-state index in [4.69, 9.17) is 0 Å². The Balaban J connectivity index is 1.78. The third-order valence-corrected chi connectivity index (χ3v) is 10.3. The fraction of sp³-hybridized carbons (Fsp3) is 0.511. The van der Waals surface area contributed by atoms with Gasteiger partial charge in [-0.2, -0.15) is 0 Å². The molecule has 0 aliphatic heterocycles. The van der Waals surface area contributed by atoms with Crippen molar-refractivity contribution in [2.75, 3.05) is 6.54 Å². The molecule has 5 nitrogen and oxygen atoms in total. The first kappa shape index (κ1) is 44.2. The minimum Gasteiger partial charge on any atom is -0.353 e. The van der Waals surface area contributed by atoms with Crippen molar-refractivity contribution in [3.05, 3.63) is 117 Å². The lowest BCUT2D eigenvalue weighted by Crippen LogP contribution is -2.39. The maximum atomic E-state index is 12.7. The van der Waals surface area contributed by atoms with Crippen LogP contribution >= 0.6 is 0 Å². The van der Waals surface area contributed by atoms with E-state index in [1.807, 2.05) is 44.2 Å². The zero-order valence-corrected chi connectivity index (χ0v) is 34.3. The molecule has 0 spiro atoms. The third kappa shape index (κ3) is 16.1. The van der Waals surface area contributed by atoms with Crippen LogP contribution < -0.4 is 10.6 Å². The van der Waals surface area contributed by atoms with Crippen LogP contribution in [-0.4, -0.2) is 30.2 Å². The number of hydrogen-bond donors (Lipinski definition) is 2. The molecule has 0 aromatic rings. The molecular formula is C47H68N2O3. The molecule has 2 aliphatic rings. The second-order valence-electron chi connectivity index (χ2n) is 16.3. The summed E-state index contributed by atoms with van der Waals surface area (Å²) >= 11 is 0. The molecule has 0 fully saturated rings. The van der Waals surface area contributed by atoms with Gasteiger partial charge in [0.05, 0.1) is 6.04 Å². The molecule has 0 bridgehead atoms. The number of carbonyl (C=O) groups excluding carboxylic acids is 3. The van der Waals surface area contributed by atoms with Gasteiger partial charge in [0.25, 0.3) is 0 Å². The van der Waals surface area contributed by atoms with Gasteiger partial charge in [-0.1, -0.05) is 111 Å². The molecule has 0 unspecified atom stereocenters. The van der Waals surface area contributed by atoms with E-state index in [0.29, 0.717) is 25.8 Å². The highest BCUT2D eigenvalue weighted by atomic mass is 16.2. The van der Waals surface area contributed by atoms with Crippen molar-refractivity contribution in [2.24, 2.45) is 10.8 Å². The predicted octanol–water partition coefficient (Wildman–Crippen LogP) is 11.4. The number of ketones is 1. The van der Waals surface area contributed by atoms with Crippen LogP contribution in [0.3, 0.4) is 0 Å². The predicted molar refractivity (Wildman–Crippen MR) is 222 cm³/mol. The third-order valence-electron chi connectivity index (χ3n) is 10.3. The number of rotatable bonds is 17. The molecule has 0 heterocycles. The molecule has 2 aliphatic carbocycles. The highest BCUT2D eigenvalue weighted by Gasteiger charge is 2.27. The summed E-state index contributed by atoms with van der Waals surface area (Å²) in [7, 11) is 0. The van der Waals surface area contributed by atoms with Crippen molar-refractivity contribution in [1.29, 1.82) is 0 Å². The monoisotopic (exact) mass is 709 g/mol. The van der Waals surface area contributed by atoms with Crippen LogP contribution in [0.5, 0.6) is 0 Å². The molecule has 284 valence electrons. The second-order valence-corrected chi connectivity index (χ2v) is 16.3. The summed E-state index contributed by atoms with van der Waals surface area (Å²) in [5, 5.41) is 5.78. The van der Waals surface area contributed by atoms with E-state index in [1.54, 1.807) is 6.08 Å². The van der Waals surface area contributed by atoms with Crippen LogP contribution in [0.2, 0.25) is 0 Å². The topological polar surface area (TPSA) is 75.3 Å². The van der Waals surface area contributed by atoms with E-state index in [-0.39, 0.29) is 28.4 Å². The normalized spacial score (nSPS) is 19.8. The summed E-state index contributed by atoms with van der Waals surface area (Å²) in [5.74, 6) is -0.504. The average molecular weight is 709 g/mol. The van der Waals surface area contributed by atoms with E-state index >= 15 is 0 Å². The molecule has 5 heteroatoms. The summed E-state index contributed by atoms with van der Waals surface area (Å²) in [6.07, 6.45) is 33.1. The minimum atomic E-state index is -0.557. The van der Waals surface area contributed by atoms with Crippen molar-refractivity contribution < 1.29 is 14.4 Å². The van der Waals surface area contributed by atoms with Gasteiger partial charge in [-0.25, -0.2) is 0 Å². The van der Waals surface area contributed by atoms with E-state index < -0.39 is 6.04 Å². The largest absolute Gasteiger partial charge is 0.353 e. The molecule has 52 heavy (non-hydrogen) atoms. The molecule has 0 aromatic carbocycles. The first-order valence-corrected chi connectivity index (χ1v) is 19.3.